The van der Waals surface area contributed by atoms with Crippen molar-refractivity contribution in [1.82, 2.24) is 4.90 Å². The van der Waals surface area contributed by atoms with Gasteiger partial charge in [0.15, 0.2) is 23.0 Å². The van der Waals surface area contributed by atoms with Crippen LogP contribution in [0.1, 0.15) is 35.2 Å². The van der Waals surface area contributed by atoms with Crippen LogP contribution in [0.5, 0.6) is 23.0 Å². The number of nitrogens with zero attached hydrogens (tertiary/aromatic N) is 1. The summed E-state index contributed by atoms with van der Waals surface area (Å²) in [6.07, 6.45) is 3.26. The summed E-state index contributed by atoms with van der Waals surface area (Å²) in [6, 6.07) is 8.63. The summed E-state index contributed by atoms with van der Waals surface area (Å²) < 4.78 is 22.5. The topological polar surface area (TPSA) is 40.2 Å². The first-order valence-electron chi connectivity index (χ1n) is 8.63. The summed E-state index contributed by atoms with van der Waals surface area (Å²) in [5.74, 6) is 3.45. The van der Waals surface area contributed by atoms with Crippen LogP contribution in [0.25, 0.3) is 11.8 Å². The second-order valence-corrected chi connectivity index (χ2v) is 6.81. The SMILES string of the molecule is CC1c2c(ccc3c2OCO3)C=C2c3cc4c(cc3CCN21)OCO4. The van der Waals surface area contributed by atoms with E-state index in [1.165, 1.54) is 28.0 Å². The lowest BCUT2D eigenvalue weighted by Gasteiger charge is -2.41. The molecule has 4 heterocycles. The smallest absolute Gasteiger partial charge is 0.231 e. The summed E-state index contributed by atoms with van der Waals surface area (Å²) in [7, 11) is 0. The second kappa shape index (κ2) is 4.63. The quantitative estimate of drug-likeness (QED) is 0.736. The molecule has 1 atom stereocenters. The summed E-state index contributed by atoms with van der Waals surface area (Å²) in [5, 5.41) is 0. The van der Waals surface area contributed by atoms with Crippen molar-refractivity contribution in [3.05, 3.63) is 46.5 Å². The van der Waals surface area contributed by atoms with Crippen molar-refractivity contribution < 1.29 is 18.9 Å². The van der Waals surface area contributed by atoms with Gasteiger partial charge in [0.05, 0.1) is 6.04 Å². The summed E-state index contributed by atoms with van der Waals surface area (Å²) in [4.78, 5) is 2.45. The first kappa shape index (κ1) is 13.5. The van der Waals surface area contributed by atoms with E-state index in [1.807, 2.05) is 6.07 Å². The summed E-state index contributed by atoms with van der Waals surface area (Å²) in [6.45, 7) is 3.83. The van der Waals surface area contributed by atoms with Crippen LogP contribution in [0.3, 0.4) is 0 Å². The standard InChI is InChI=1S/C20H17NO4/c1-11-19-13(2-3-16-20(19)25-10-22-16)6-15-14-8-18-17(23-9-24-18)7-12(14)4-5-21(11)15/h2-3,6-8,11H,4-5,9-10H2,1H3. The van der Waals surface area contributed by atoms with Crippen LogP contribution in [0.4, 0.5) is 0 Å². The van der Waals surface area contributed by atoms with E-state index in [9.17, 15) is 0 Å². The van der Waals surface area contributed by atoms with Crippen molar-refractivity contribution in [2.24, 2.45) is 0 Å². The highest BCUT2D eigenvalue weighted by molar-refractivity contribution is 5.88. The highest BCUT2D eigenvalue weighted by atomic mass is 16.7. The van der Waals surface area contributed by atoms with Gasteiger partial charge in [0.25, 0.3) is 0 Å². The minimum atomic E-state index is 0.241. The van der Waals surface area contributed by atoms with E-state index in [0.717, 1.165) is 36.0 Å². The lowest BCUT2D eigenvalue weighted by atomic mass is 9.86. The molecule has 2 aromatic rings. The average molecular weight is 335 g/mol. The fraction of sp³-hybridized carbons (Fsp3) is 0.300. The Bertz CT molecular complexity index is 949. The van der Waals surface area contributed by atoms with Crippen LogP contribution >= 0.6 is 0 Å². The lowest BCUT2D eigenvalue weighted by Crippen LogP contribution is -2.34. The van der Waals surface area contributed by atoms with Gasteiger partial charge >= 0.3 is 0 Å². The van der Waals surface area contributed by atoms with Gasteiger partial charge in [-0.05, 0) is 48.7 Å². The number of rotatable bonds is 0. The van der Waals surface area contributed by atoms with E-state index in [-0.39, 0.29) is 6.04 Å². The van der Waals surface area contributed by atoms with E-state index in [4.69, 9.17) is 18.9 Å². The molecule has 2 aromatic carbocycles. The molecule has 0 radical (unpaired) electrons. The Morgan fingerprint density at radius 3 is 2.68 bits per heavy atom. The van der Waals surface area contributed by atoms with Gasteiger partial charge in [-0.3, -0.25) is 0 Å². The van der Waals surface area contributed by atoms with Crippen molar-refractivity contribution in [3.63, 3.8) is 0 Å². The van der Waals surface area contributed by atoms with Gasteiger partial charge in [-0.25, -0.2) is 0 Å². The zero-order chi connectivity index (χ0) is 16.5. The Morgan fingerprint density at radius 2 is 1.76 bits per heavy atom. The molecule has 0 spiro atoms. The molecule has 0 saturated carbocycles. The largest absolute Gasteiger partial charge is 0.454 e. The fourth-order valence-corrected chi connectivity index (χ4v) is 4.38. The zero-order valence-corrected chi connectivity index (χ0v) is 13.9. The van der Waals surface area contributed by atoms with Gasteiger partial charge in [0, 0.05) is 23.4 Å². The molecule has 0 aliphatic carbocycles. The van der Waals surface area contributed by atoms with E-state index in [2.05, 4.69) is 36.1 Å². The van der Waals surface area contributed by atoms with Crippen LogP contribution < -0.4 is 18.9 Å². The van der Waals surface area contributed by atoms with Crippen molar-refractivity contribution in [1.29, 1.82) is 0 Å². The highest BCUT2D eigenvalue weighted by Gasteiger charge is 2.35. The minimum absolute atomic E-state index is 0.241. The molecule has 0 saturated heterocycles. The maximum Gasteiger partial charge on any atom is 0.231 e. The Kier molecular flexibility index (Phi) is 2.49. The molecule has 6 rings (SSSR count). The predicted molar refractivity (Wildman–Crippen MR) is 91.8 cm³/mol. The number of hydrogen-bond acceptors (Lipinski definition) is 5. The van der Waals surface area contributed by atoms with E-state index >= 15 is 0 Å². The molecule has 0 amide bonds. The Labute approximate surface area is 145 Å². The van der Waals surface area contributed by atoms with Crippen LogP contribution in [-0.2, 0) is 6.42 Å². The lowest BCUT2D eigenvalue weighted by molar-refractivity contribution is 0.171. The third-order valence-electron chi connectivity index (χ3n) is 5.59. The van der Waals surface area contributed by atoms with E-state index in [1.54, 1.807) is 0 Å². The molecule has 0 bridgehead atoms. The van der Waals surface area contributed by atoms with Crippen LogP contribution in [0, 0.1) is 0 Å². The van der Waals surface area contributed by atoms with Crippen molar-refractivity contribution >= 4 is 11.8 Å². The Morgan fingerprint density at radius 1 is 0.960 bits per heavy atom. The molecular formula is C20H17NO4. The number of benzene rings is 2. The summed E-state index contributed by atoms with van der Waals surface area (Å²) >= 11 is 0. The van der Waals surface area contributed by atoms with Gasteiger partial charge < -0.3 is 23.8 Å². The van der Waals surface area contributed by atoms with Crippen molar-refractivity contribution in [3.8, 4) is 23.0 Å². The molecule has 25 heavy (non-hydrogen) atoms. The molecular weight excluding hydrogens is 318 g/mol. The second-order valence-electron chi connectivity index (χ2n) is 6.81. The molecule has 0 N–H and O–H groups in total. The average Bonchev–Trinajstić information content (AvgIpc) is 3.28. The molecule has 0 fully saturated rings. The molecule has 5 nitrogen and oxygen atoms in total. The first-order chi connectivity index (χ1) is 12.3. The van der Waals surface area contributed by atoms with Gasteiger partial charge in [-0.2, -0.15) is 0 Å². The third-order valence-corrected chi connectivity index (χ3v) is 5.59. The van der Waals surface area contributed by atoms with E-state index in [0.29, 0.717) is 13.6 Å². The number of fused-ring (bicyclic) bond motifs is 7. The molecule has 4 aliphatic rings. The number of hydrogen-bond donors (Lipinski definition) is 0. The van der Waals surface area contributed by atoms with E-state index < -0.39 is 0 Å². The van der Waals surface area contributed by atoms with Gasteiger partial charge in [-0.1, -0.05) is 6.07 Å². The normalized spacial score (nSPS) is 21.4. The Hall–Kier alpha value is -2.82. The van der Waals surface area contributed by atoms with Crippen LogP contribution in [0.15, 0.2) is 24.3 Å². The zero-order valence-electron chi connectivity index (χ0n) is 13.9. The molecule has 4 aliphatic heterocycles. The third kappa shape index (κ3) is 1.73. The first-order valence-corrected chi connectivity index (χ1v) is 8.63. The molecule has 1 unspecified atom stereocenters. The fourth-order valence-electron chi connectivity index (χ4n) is 4.38. The molecule has 126 valence electrons. The van der Waals surface area contributed by atoms with Crippen molar-refractivity contribution in [2.45, 2.75) is 19.4 Å². The maximum atomic E-state index is 5.76. The van der Waals surface area contributed by atoms with Gasteiger partial charge in [0.1, 0.15) is 0 Å². The van der Waals surface area contributed by atoms with Gasteiger partial charge in [-0.15, -0.1) is 0 Å². The van der Waals surface area contributed by atoms with Crippen LogP contribution in [-0.4, -0.2) is 25.0 Å². The van der Waals surface area contributed by atoms with Crippen molar-refractivity contribution in [2.75, 3.05) is 20.1 Å². The maximum absolute atomic E-state index is 5.76. The molecule has 0 aromatic heterocycles. The minimum Gasteiger partial charge on any atom is -0.454 e. The molecule has 5 heteroatoms. The summed E-state index contributed by atoms with van der Waals surface area (Å²) in [5.41, 5.74) is 6.24. The monoisotopic (exact) mass is 335 g/mol. The highest BCUT2D eigenvalue weighted by Crippen LogP contribution is 2.50. The van der Waals surface area contributed by atoms with Crippen LogP contribution in [0.2, 0.25) is 0 Å². The van der Waals surface area contributed by atoms with Gasteiger partial charge in [0.2, 0.25) is 13.6 Å². The predicted octanol–water partition coefficient (Wildman–Crippen LogP) is 3.57. The Balaban J connectivity index is 1.56. The number of ether oxygens (including phenoxy) is 4.